The van der Waals surface area contributed by atoms with Crippen LogP contribution in [0.2, 0.25) is 0 Å². The highest BCUT2D eigenvalue weighted by Crippen LogP contribution is 2.12. The summed E-state index contributed by atoms with van der Waals surface area (Å²) in [6, 6.07) is 0. The zero-order chi connectivity index (χ0) is 6.41. The van der Waals surface area contributed by atoms with Gasteiger partial charge in [0, 0.05) is 8.35 Å². The minimum atomic E-state index is 0.910. The molecular weight excluding hydrogens is 326 g/mol. The second-order valence-electron chi connectivity index (χ2n) is 1.89. The van der Waals surface area contributed by atoms with Gasteiger partial charge in [-0.1, -0.05) is 64.9 Å². The fourth-order valence-electron chi connectivity index (χ4n) is 0.503. The van der Waals surface area contributed by atoms with E-state index in [2.05, 4.69) is 52.1 Å². The summed E-state index contributed by atoms with van der Waals surface area (Å²) in [5.74, 6) is 0. The van der Waals surface area contributed by atoms with E-state index in [4.69, 9.17) is 0 Å². The SMILES string of the molecule is CCCC[C@@H](I)CI. The Labute approximate surface area is 79.1 Å². The Bertz CT molecular complexity index is 45.8. The molecule has 0 heterocycles. The van der Waals surface area contributed by atoms with Crippen molar-refractivity contribution in [1.29, 1.82) is 0 Å². The number of halogens is 2. The molecule has 8 heavy (non-hydrogen) atoms. The first-order chi connectivity index (χ1) is 3.81. The number of rotatable bonds is 4. The molecule has 2 heteroatoms. The van der Waals surface area contributed by atoms with Gasteiger partial charge in [-0.25, -0.2) is 0 Å². The zero-order valence-electron chi connectivity index (χ0n) is 5.16. The van der Waals surface area contributed by atoms with E-state index in [1.807, 2.05) is 0 Å². The molecule has 0 aromatic carbocycles. The predicted octanol–water partition coefficient (Wildman–Crippen LogP) is 3.42. The fraction of sp³-hybridized carbons (Fsp3) is 1.00. The van der Waals surface area contributed by atoms with Gasteiger partial charge >= 0.3 is 0 Å². The largest absolute Gasteiger partial charge is 0.0852 e. The lowest BCUT2D eigenvalue weighted by molar-refractivity contribution is 0.733. The van der Waals surface area contributed by atoms with Gasteiger partial charge in [0.1, 0.15) is 0 Å². The van der Waals surface area contributed by atoms with Crippen molar-refractivity contribution < 1.29 is 0 Å². The third-order valence-electron chi connectivity index (χ3n) is 1.04. The maximum Gasteiger partial charge on any atom is 0.0199 e. The van der Waals surface area contributed by atoms with Crippen molar-refractivity contribution in [2.24, 2.45) is 0 Å². The second kappa shape index (κ2) is 6.58. The molecule has 1 atom stereocenters. The Kier molecular flexibility index (Phi) is 7.78. The van der Waals surface area contributed by atoms with Crippen molar-refractivity contribution in [3.63, 3.8) is 0 Å². The molecule has 0 amide bonds. The molecule has 0 saturated heterocycles. The summed E-state index contributed by atoms with van der Waals surface area (Å²) in [5, 5.41) is 0. The quantitative estimate of drug-likeness (QED) is 0.544. The number of unbranched alkanes of at least 4 members (excludes halogenated alkanes) is 1. The summed E-state index contributed by atoms with van der Waals surface area (Å²) in [7, 11) is 0. The van der Waals surface area contributed by atoms with E-state index >= 15 is 0 Å². The number of alkyl halides is 2. The molecule has 0 aromatic rings. The van der Waals surface area contributed by atoms with Gasteiger partial charge in [-0.2, -0.15) is 0 Å². The smallest absolute Gasteiger partial charge is 0.0199 e. The van der Waals surface area contributed by atoms with E-state index in [-0.39, 0.29) is 0 Å². The monoisotopic (exact) mass is 338 g/mol. The van der Waals surface area contributed by atoms with Gasteiger partial charge in [0.05, 0.1) is 0 Å². The van der Waals surface area contributed by atoms with Gasteiger partial charge in [-0.05, 0) is 6.42 Å². The summed E-state index contributed by atoms with van der Waals surface area (Å²) < 4.78 is 2.21. The van der Waals surface area contributed by atoms with Crippen molar-refractivity contribution >= 4 is 45.2 Å². The maximum atomic E-state index is 2.52. The number of hydrogen-bond donors (Lipinski definition) is 0. The Morgan fingerprint density at radius 1 is 1.50 bits per heavy atom. The highest BCUT2D eigenvalue weighted by molar-refractivity contribution is 14.1. The molecule has 0 unspecified atom stereocenters. The molecule has 0 aliphatic carbocycles. The van der Waals surface area contributed by atoms with E-state index in [1.54, 1.807) is 0 Å². The minimum Gasteiger partial charge on any atom is -0.0852 e. The summed E-state index contributed by atoms with van der Waals surface area (Å²) in [5.41, 5.74) is 0. The molecule has 0 bridgehead atoms. The van der Waals surface area contributed by atoms with E-state index in [1.165, 1.54) is 23.7 Å². The van der Waals surface area contributed by atoms with E-state index in [0.29, 0.717) is 0 Å². The van der Waals surface area contributed by atoms with Crippen molar-refractivity contribution in [3.05, 3.63) is 0 Å². The summed E-state index contributed by atoms with van der Waals surface area (Å²) in [6.45, 7) is 2.25. The maximum absolute atomic E-state index is 2.52. The van der Waals surface area contributed by atoms with Crippen LogP contribution < -0.4 is 0 Å². The normalized spacial score (nSPS) is 13.9. The van der Waals surface area contributed by atoms with Crippen LogP contribution in [0.1, 0.15) is 26.2 Å². The van der Waals surface area contributed by atoms with E-state index < -0.39 is 0 Å². The minimum absolute atomic E-state index is 0.910. The molecule has 0 nitrogen and oxygen atoms in total. The topological polar surface area (TPSA) is 0 Å². The average Bonchev–Trinajstić information content (AvgIpc) is 1.83. The zero-order valence-corrected chi connectivity index (χ0v) is 9.48. The van der Waals surface area contributed by atoms with Crippen LogP contribution >= 0.6 is 45.2 Å². The van der Waals surface area contributed by atoms with Crippen LogP contribution in [-0.4, -0.2) is 8.35 Å². The molecular formula is C6H12I2. The van der Waals surface area contributed by atoms with Gasteiger partial charge in [0.25, 0.3) is 0 Å². The Morgan fingerprint density at radius 2 is 2.12 bits per heavy atom. The Hall–Kier alpha value is 1.46. The molecule has 0 spiro atoms. The second-order valence-corrected chi connectivity index (χ2v) is 4.54. The van der Waals surface area contributed by atoms with Crippen LogP contribution in [-0.2, 0) is 0 Å². The van der Waals surface area contributed by atoms with Gasteiger partial charge in [0.15, 0.2) is 0 Å². The van der Waals surface area contributed by atoms with Crippen molar-refractivity contribution in [1.82, 2.24) is 0 Å². The molecule has 0 saturated carbocycles. The van der Waals surface area contributed by atoms with Gasteiger partial charge < -0.3 is 0 Å². The lowest BCUT2D eigenvalue weighted by Gasteiger charge is -2.01. The van der Waals surface area contributed by atoms with Crippen molar-refractivity contribution in [2.75, 3.05) is 4.43 Å². The first-order valence-corrected chi connectivity index (χ1v) is 5.78. The van der Waals surface area contributed by atoms with Crippen LogP contribution in [0, 0.1) is 0 Å². The van der Waals surface area contributed by atoms with Gasteiger partial charge in [-0.3, -0.25) is 0 Å². The number of hydrogen-bond acceptors (Lipinski definition) is 0. The van der Waals surface area contributed by atoms with E-state index in [0.717, 1.165) is 3.92 Å². The molecule has 0 N–H and O–H groups in total. The lowest BCUT2D eigenvalue weighted by atomic mass is 10.2. The van der Waals surface area contributed by atoms with Crippen LogP contribution in [0.3, 0.4) is 0 Å². The molecule has 0 radical (unpaired) electrons. The first kappa shape index (κ1) is 9.46. The highest BCUT2D eigenvalue weighted by atomic mass is 127. The molecule has 0 fully saturated rings. The van der Waals surface area contributed by atoms with Crippen LogP contribution in [0.25, 0.3) is 0 Å². The third-order valence-corrected chi connectivity index (χ3v) is 4.85. The first-order valence-electron chi connectivity index (χ1n) is 3.01. The van der Waals surface area contributed by atoms with Crippen molar-refractivity contribution in [2.45, 2.75) is 30.1 Å². The van der Waals surface area contributed by atoms with E-state index in [9.17, 15) is 0 Å². The fourth-order valence-corrected chi connectivity index (χ4v) is 1.38. The van der Waals surface area contributed by atoms with Crippen LogP contribution in [0.4, 0.5) is 0 Å². The lowest BCUT2D eigenvalue weighted by Crippen LogP contribution is -1.96. The summed E-state index contributed by atoms with van der Waals surface area (Å²) in [6.07, 6.45) is 4.15. The molecule has 50 valence electrons. The van der Waals surface area contributed by atoms with Crippen LogP contribution in [0.15, 0.2) is 0 Å². The predicted molar refractivity (Wildman–Crippen MR) is 56.2 cm³/mol. The summed E-state index contributed by atoms with van der Waals surface area (Å²) >= 11 is 4.97. The molecule has 0 aliphatic rings. The molecule has 0 rings (SSSR count). The highest BCUT2D eigenvalue weighted by Gasteiger charge is 1.97. The Balaban J connectivity index is 2.86. The standard InChI is InChI=1S/C6H12I2/c1-2-3-4-6(8)5-7/h6H,2-5H2,1H3/t6-/m1/s1. The molecule has 0 aliphatic heterocycles. The summed E-state index contributed by atoms with van der Waals surface area (Å²) in [4.78, 5) is 0. The van der Waals surface area contributed by atoms with Crippen LogP contribution in [0.5, 0.6) is 0 Å². The van der Waals surface area contributed by atoms with Gasteiger partial charge in [0.2, 0.25) is 0 Å². The molecule has 0 aromatic heterocycles. The van der Waals surface area contributed by atoms with Gasteiger partial charge in [-0.15, -0.1) is 0 Å². The Morgan fingerprint density at radius 3 is 2.50 bits per heavy atom. The third kappa shape index (κ3) is 5.59. The van der Waals surface area contributed by atoms with Crippen molar-refractivity contribution in [3.8, 4) is 0 Å². The average molecular weight is 338 g/mol.